The van der Waals surface area contributed by atoms with Gasteiger partial charge in [-0.25, -0.2) is 0 Å². The minimum atomic E-state index is -0.288. The lowest BCUT2D eigenvalue weighted by molar-refractivity contribution is -0.128. The lowest BCUT2D eigenvalue weighted by atomic mass is 10.2. The molecule has 2 amide bonds. The van der Waals surface area contributed by atoms with Crippen molar-refractivity contribution in [3.8, 4) is 0 Å². The second-order valence-corrected chi connectivity index (χ2v) is 3.50. The van der Waals surface area contributed by atoms with E-state index in [-0.39, 0.29) is 18.4 Å². The molecule has 2 N–H and O–H groups in total. The summed E-state index contributed by atoms with van der Waals surface area (Å²) in [6.07, 6.45) is 1.44. The fraction of sp³-hybridized carbons (Fsp3) is 0.500. The summed E-state index contributed by atoms with van der Waals surface area (Å²) in [4.78, 5) is 24.6. The van der Waals surface area contributed by atoms with Crippen molar-refractivity contribution in [3.05, 3.63) is 17.5 Å². The number of aromatic nitrogens is 2. The van der Waals surface area contributed by atoms with E-state index in [1.807, 2.05) is 6.92 Å². The summed E-state index contributed by atoms with van der Waals surface area (Å²) in [5.74, 6) is -0.402. The highest BCUT2D eigenvalue weighted by Crippen LogP contribution is 2.01. The van der Waals surface area contributed by atoms with Crippen molar-refractivity contribution in [2.24, 2.45) is 0 Å². The molecule has 0 fully saturated rings. The minimum absolute atomic E-state index is 0.00773. The molecule has 0 saturated heterocycles. The molecule has 1 aromatic heterocycles. The maximum atomic E-state index is 11.6. The quantitative estimate of drug-likeness (QED) is 0.751. The number of carbonyl (C=O) groups is 2. The first kappa shape index (κ1) is 12.2. The third-order valence-electron chi connectivity index (χ3n) is 2.37. The standard InChI is InChI=1S/C10H16N4O2/c1-4-14(3)9(15)6-11-10(16)8-5-12-13-7(8)2/h5H,4,6H2,1-3H3,(H,11,16)(H,12,13). The van der Waals surface area contributed by atoms with Crippen LogP contribution in [-0.4, -0.2) is 47.0 Å². The number of rotatable bonds is 4. The van der Waals surface area contributed by atoms with Crippen LogP contribution in [0, 0.1) is 6.92 Å². The van der Waals surface area contributed by atoms with Crippen LogP contribution in [0.3, 0.4) is 0 Å². The van der Waals surface area contributed by atoms with Gasteiger partial charge in [0.1, 0.15) is 0 Å². The molecular formula is C10H16N4O2. The van der Waals surface area contributed by atoms with Crippen LogP contribution >= 0.6 is 0 Å². The first-order chi connectivity index (χ1) is 7.56. The number of H-pyrrole nitrogens is 1. The fourth-order valence-corrected chi connectivity index (χ4v) is 1.14. The van der Waals surface area contributed by atoms with Crippen molar-refractivity contribution < 1.29 is 9.59 Å². The van der Waals surface area contributed by atoms with Crippen LogP contribution in [0.2, 0.25) is 0 Å². The average Bonchev–Trinajstić information content (AvgIpc) is 2.70. The van der Waals surface area contributed by atoms with E-state index in [1.165, 1.54) is 6.20 Å². The number of hydrogen-bond acceptors (Lipinski definition) is 3. The van der Waals surface area contributed by atoms with E-state index in [0.29, 0.717) is 17.8 Å². The number of likely N-dealkylation sites (N-methyl/N-ethyl adjacent to an activating group) is 1. The van der Waals surface area contributed by atoms with Crippen molar-refractivity contribution in [1.29, 1.82) is 0 Å². The Morgan fingerprint density at radius 3 is 2.75 bits per heavy atom. The van der Waals surface area contributed by atoms with Crippen molar-refractivity contribution in [1.82, 2.24) is 20.4 Å². The molecule has 0 atom stereocenters. The molecule has 0 aromatic carbocycles. The van der Waals surface area contributed by atoms with E-state index in [9.17, 15) is 9.59 Å². The summed E-state index contributed by atoms with van der Waals surface area (Å²) >= 11 is 0. The summed E-state index contributed by atoms with van der Waals surface area (Å²) in [5.41, 5.74) is 1.15. The molecule has 6 heteroatoms. The lowest BCUT2D eigenvalue weighted by Crippen LogP contribution is -2.38. The number of nitrogens with one attached hydrogen (secondary N) is 2. The molecule has 0 saturated carbocycles. The lowest BCUT2D eigenvalue weighted by Gasteiger charge is -2.14. The van der Waals surface area contributed by atoms with Crippen LogP contribution in [-0.2, 0) is 4.79 Å². The molecule has 0 aliphatic rings. The zero-order valence-electron chi connectivity index (χ0n) is 9.70. The zero-order chi connectivity index (χ0) is 12.1. The van der Waals surface area contributed by atoms with Crippen LogP contribution in [0.4, 0.5) is 0 Å². The van der Waals surface area contributed by atoms with Crippen molar-refractivity contribution in [2.75, 3.05) is 20.1 Å². The first-order valence-electron chi connectivity index (χ1n) is 5.08. The highest BCUT2D eigenvalue weighted by atomic mass is 16.2. The van der Waals surface area contributed by atoms with E-state index in [2.05, 4.69) is 15.5 Å². The summed E-state index contributed by atoms with van der Waals surface area (Å²) < 4.78 is 0. The van der Waals surface area contributed by atoms with E-state index < -0.39 is 0 Å². The Hall–Kier alpha value is -1.85. The van der Waals surface area contributed by atoms with Crippen LogP contribution in [0.1, 0.15) is 23.0 Å². The Bertz CT molecular complexity index is 386. The van der Waals surface area contributed by atoms with Crippen molar-refractivity contribution in [2.45, 2.75) is 13.8 Å². The molecular weight excluding hydrogens is 208 g/mol. The van der Waals surface area contributed by atoms with Crippen molar-refractivity contribution >= 4 is 11.8 Å². The van der Waals surface area contributed by atoms with Gasteiger partial charge in [-0.3, -0.25) is 14.7 Å². The molecule has 88 valence electrons. The molecule has 1 heterocycles. The van der Waals surface area contributed by atoms with Crippen molar-refractivity contribution in [3.63, 3.8) is 0 Å². The van der Waals surface area contributed by atoms with E-state index in [0.717, 1.165) is 0 Å². The highest BCUT2D eigenvalue weighted by Gasteiger charge is 2.13. The van der Waals surface area contributed by atoms with E-state index >= 15 is 0 Å². The van der Waals surface area contributed by atoms with E-state index in [4.69, 9.17) is 0 Å². The molecule has 0 aliphatic heterocycles. The number of carbonyl (C=O) groups excluding carboxylic acids is 2. The normalized spacial score (nSPS) is 9.94. The Kier molecular flexibility index (Phi) is 4.04. The molecule has 0 aliphatic carbocycles. The third-order valence-corrected chi connectivity index (χ3v) is 2.37. The van der Waals surface area contributed by atoms with Gasteiger partial charge in [-0.1, -0.05) is 0 Å². The molecule has 0 unspecified atom stereocenters. The number of aromatic amines is 1. The van der Waals surface area contributed by atoms with Gasteiger partial charge in [-0.2, -0.15) is 5.10 Å². The van der Waals surface area contributed by atoms with Gasteiger partial charge in [0.2, 0.25) is 5.91 Å². The van der Waals surface area contributed by atoms with Crippen LogP contribution in [0.25, 0.3) is 0 Å². The minimum Gasteiger partial charge on any atom is -0.345 e. The summed E-state index contributed by atoms with van der Waals surface area (Å²) in [6, 6.07) is 0. The smallest absolute Gasteiger partial charge is 0.255 e. The van der Waals surface area contributed by atoms with Gasteiger partial charge in [0.15, 0.2) is 0 Å². The average molecular weight is 224 g/mol. The van der Waals surface area contributed by atoms with Crippen LogP contribution in [0.15, 0.2) is 6.20 Å². The summed E-state index contributed by atoms with van der Waals surface area (Å²) in [7, 11) is 1.69. The summed E-state index contributed by atoms with van der Waals surface area (Å²) in [5, 5.41) is 8.96. The molecule has 1 rings (SSSR count). The van der Waals surface area contributed by atoms with Gasteiger partial charge in [0.05, 0.1) is 18.3 Å². The Labute approximate surface area is 94.0 Å². The largest absolute Gasteiger partial charge is 0.345 e. The Morgan fingerprint density at radius 2 is 2.25 bits per heavy atom. The zero-order valence-corrected chi connectivity index (χ0v) is 9.70. The molecule has 0 radical (unpaired) electrons. The van der Waals surface area contributed by atoms with Gasteiger partial charge < -0.3 is 10.2 Å². The highest BCUT2D eigenvalue weighted by molar-refractivity contribution is 5.97. The Morgan fingerprint density at radius 1 is 1.56 bits per heavy atom. The van der Waals surface area contributed by atoms with E-state index in [1.54, 1.807) is 18.9 Å². The molecule has 16 heavy (non-hydrogen) atoms. The van der Waals surface area contributed by atoms with Crippen LogP contribution in [0.5, 0.6) is 0 Å². The maximum absolute atomic E-state index is 11.6. The van der Waals surface area contributed by atoms with Gasteiger partial charge >= 0.3 is 0 Å². The fourth-order valence-electron chi connectivity index (χ4n) is 1.14. The van der Waals surface area contributed by atoms with Crippen LogP contribution < -0.4 is 5.32 Å². The molecule has 0 spiro atoms. The van der Waals surface area contributed by atoms with Gasteiger partial charge in [-0.05, 0) is 13.8 Å². The number of aryl methyl sites for hydroxylation is 1. The summed E-state index contributed by atoms with van der Waals surface area (Å²) in [6.45, 7) is 4.26. The molecule has 1 aromatic rings. The second-order valence-electron chi connectivity index (χ2n) is 3.50. The molecule has 6 nitrogen and oxygen atoms in total. The SMILES string of the molecule is CCN(C)C(=O)CNC(=O)c1cn[nH]c1C. The monoisotopic (exact) mass is 224 g/mol. The maximum Gasteiger partial charge on any atom is 0.255 e. The van der Waals surface area contributed by atoms with Gasteiger partial charge in [-0.15, -0.1) is 0 Å². The number of nitrogens with zero attached hydrogens (tertiary/aromatic N) is 2. The molecule has 0 bridgehead atoms. The number of amides is 2. The predicted molar refractivity (Wildman–Crippen MR) is 59.0 cm³/mol. The Balaban J connectivity index is 2.48. The van der Waals surface area contributed by atoms with Gasteiger partial charge in [0, 0.05) is 19.3 Å². The predicted octanol–water partition coefficient (Wildman–Crippen LogP) is -0.0738. The topological polar surface area (TPSA) is 78.1 Å². The third kappa shape index (κ3) is 2.82. The second kappa shape index (κ2) is 5.29. The number of hydrogen-bond donors (Lipinski definition) is 2. The van der Waals surface area contributed by atoms with Gasteiger partial charge in [0.25, 0.3) is 5.91 Å². The first-order valence-corrected chi connectivity index (χ1v) is 5.08.